The summed E-state index contributed by atoms with van der Waals surface area (Å²) in [6.45, 7) is 6.45. The number of carbonyl (C=O) groups excluding carboxylic acids is 2. The molecule has 2 aromatic rings. The average molecular weight is 412 g/mol. The number of halogens is 1. The molecule has 0 fully saturated rings. The van der Waals surface area contributed by atoms with Gasteiger partial charge in [-0.1, -0.05) is 37.2 Å². The summed E-state index contributed by atoms with van der Waals surface area (Å²) in [4.78, 5) is 40.6. The van der Waals surface area contributed by atoms with Gasteiger partial charge in [0.2, 0.25) is 5.91 Å². The van der Waals surface area contributed by atoms with Crippen LogP contribution in [0.4, 0.5) is 4.79 Å². The van der Waals surface area contributed by atoms with E-state index in [0.717, 1.165) is 18.2 Å². The number of aromatic nitrogens is 2. The molecule has 1 aromatic heterocycles. The Morgan fingerprint density at radius 1 is 1.37 bits per heavy atom. The number of rotatable bonds is 7. The van der Waals surface area contributed by atoms with Crippen molar-refractivity contribution in [3.63, 3.8) is 0 Å². The predicted octanol–water partition coefficient (Wildman–Crippen LogP) is 3.46. The van der Waals surface area contributed by atoms with Crippen LogP contribution in [-0.2, 0) is 16.1 Å². The molecule has 146 valence electrons. The molecule has 0 saturated heterocycles. The van der Waals surface area contributed by atoms with Gasteiger partial charge in [0.25, 0.3) is 5.56 Å². The second kappa shape index (κ2) is 9.75. The Kier molecular flexibility index (Phi) is 7.67. The van der Waals surface area contributed by atoms with E-state index >= 15 is 0 Å². The fourth-order valence-electron chi connectivity index (χ4n) is 2.32. The molecule has 0 saturated carbocycles. The van der Waals surface area contributed by atoms with E-state index in [0.29, 0.717) is 33.5 Å². The Bertz CT molecular complexity index is 898. The minimum absolute atomic E-state index is 0.0704. The molecule has 7 nitrogen and oxygen atoms in total. The molecular weight excluding hydrogens is 390 g/mol. The molecular formula is C18H22ClN3O4S. The summed E-state index contributed by atoms with van der Waals surface area (Å²) >= 11 is 7.10. The van der Waals surface area contributed by atoms with Gasteiger partial charge in [0.1, 0.15) is 0 Å². The molecule has 1 aromatic carbocycles. The predicted molar refractivity (Wildman–Crippen MR) is 106 cm³/mol. The molecule has 0 aliphatic heterocycles. The number of alkyl carbamates (subject to hydrolysis) is 1. The van der Waals surface area contributed by atoms with Crippen molar-refractivity contribution >= 4 is 46.3 Å². The van der Waals surface area contributed by atoms with Crippen LogP contribution < -0.4 is 10.9 Å². The van der Waals surface area contributed by atoms with Crippen molar-refractivity contribution in [1.82, 2.24) is 14.9 Å². The monoisotopic (exact) mass is 411 g/mol. The van der Waals surface area contributed by atoms with Gasteiger partial charge < -0.3 is 4.74 Å². The van der Waals surface area contributed by atoms with E-state index in [1.54, 1.807) is 29.7 Å². The van der Waals surface area contributed by atoms with E-state index in [4.69, 9.17) is 11.6 Å². The zero-order chi connectivity index (χ0) is 20.0. The number of fused-ring (bicyclic) bond motifs is 1. The summed E-state index contributed by atoms with van der Waals surface area (Å²) in [6.07, 6.45) is 0.00190. The lowest BCUT2D eigenvalue weighted by Crippen LogP contribution is -2.32. The van der Waals surface area contributed by atoms with Crippen molar-refractivity contribution in [3.05, 3.63) is 33.6 Å². The van der Waals surface area contributed by atoms with E-state index in [1.807, 2.05) is 0 Å². The molecule has 1 heterocycles. The Morgan fingerprint density at radius 2 is 2.11 bits per heavy atom. The molecule has 0 aliphatic carbocycles. The van der Waals surface area contributed by atoms with Crippen molar-refractivity contribution in [3.8, 4) is 0 Å². The van der Waals surface area contributed by atoms with Crippen molar-refractivity contribution in [2.45, 2.75) is 38.9 Å². The first-order valence-electron chi connectivity index (χ1n) is 8.61. The molecule has 2 rings (SSSR count). The van der Waals surface area contributed by atoms with Gasteiger partial charge in [-0.3, -0.25) is 19.5 Å². The minimum atomic E-state index is -0.793. The van der Waals surface area contributed by atoms with Crippen LogP contribution in [-0.4, -0.2) is 33.9 Å². The summed E-state index contributed by atoms with van der Waals surface area (Å²) in [5.74, 6) is -0.184. The minimum Gasteiger partial charge on any atom is -0.450 e. The average Bonchev–Trinajstić information content (AvgIpc) is 2.59. The maximum absolute atomic E-state index is 12.9. The highest BCUT2D eigenvalue weighted by Crippen LogP contribution is 2.21. The Labute approximate surface area is 166 Å². The van der Waals surface area contributed by atoms with Gasteiger partial charge in [-0.05, 0) is 37.5 Å². The van der Waals surface area contributed by atoms with E-state index in [-0.39, 0.29) is 17.9 Å². The molecule has 2 amide bonds. The van der Waals surface area contributed by atoms with Crippen molar-refractivity contribution in [2.24, 2.45) is 5.92 Å². The van der Waals surface area contributed by atoms with E-state index in [2.05, 4.69) is 28.9 Å². The first-order chi connectivity index (χ1) is 12.8. The maximum Gasteiger partial charge on any atom is 0.413 e. The molecule has 0 radical (unpaired) electrons. The normalized spacial score (nSPS) is 11.0. The molecule has 0 unspecified atom stereocenters. The molecule has 27 heavy (non-hydrogen) atoms. The largest absolute Gasteiger partial charge is 0.450 e. The Hall–Kier alpha value is -2.06. The molecule has 0 aliphatic rings. The zero-order valence-electron chi connectivity index (χ0n) is 15.5. The molecule has 9 heteroatoms. The SMILES string of the molecule is CCOC(=O)NC(=O)CSc1nc2cc(Cl)ccc2c(=O)n1CCC(C)C. The first-order valence-corrected chi connectivity index (χ1v) is 9.97. The molecule has 0 spiro atoms. The Morgan fingerprint density at radius 3 is 2.78 bits per heavy atom. The van der Waals surface area contributed by atoms with Crippen LogP contribution in [0, 0.1) is 5.92 Å². The highest BCUT2D eigenvalue weighted by Gasteiger charge is 2.15. The quantitative estimate of drug-likeness (QED) is 0.554. The number of amides is 2. The molecule has 1 N–H and O–H groups in total. The summed E-state index contributed by atoms with van der Waals surface area (Å²) in [6, 6.07) is 4.92. The van der Waals surface area contributed by atoms with E-state index in [9.17, 15) is 14.4 Å². The Balaban J connectivity index is 2.29. The topological polar surface area (TPSA) is 90.3 Å². The number of nitrogens with one attached hydrogen (secondary N) is 1. The number of hydrogen-bond donors (Lipinski definition) is 1. The van der Waals surface area contributed by atoms with Crippen molar-refractivity contribution in [1.29, 1.82) is 0 Å². The number of carbonyl (C=O) groups is 2. The van der Waals surface area contributed by atoms with Gasteiger partial charge in [-0.25, -0.2) is 9.78 Å². The third-order valence-electron chi connectivity index (χ3n) is 3.66. The second-order valence-corrected chi connectivity index (χ2v) is 7.63. The van der Waals surface area contributed by atoms with Gasteiger partial charge in [0.05, 0.1) is 23.3 Å². The van der Waals surface area contributed by atoms with Crippen LogP contribution >= 0.6 is 23.4 Å². The van der Waals surface area contributed by atoms with Crippen LogP contribution in [0.5, 0.6) is 0 Å². The van der Waals surface area contributed by atoms with Crippen molar-refractivity contribution in [2.75, 3.05) is 12.4 Å². The van der Waals surface area contributed by atoms with Crippen molar-refractivity contribution < 1.29 is 14.3 Å². The number of nitrogens with zero attached hydrogens (tertiary/aromatic N) is 2. The number of benzene rings is 1. The fraction of sp³-hybridized carbons (Fsp3) is 0.444. The fourth-order valence-corrected chi connectivity index (χ4v) is 3.31. The van der Waals surface area contributed by atoms with E-state index < -0.39 is 12.0 Å². The zero-order valence-corrected chi connectivity index (χ0v) is 17.0. The third kappa shape index (κ3) is 5.97. The van der Waals surface area contributed by atoms with Gasteiger partial charge in [0.15, 0.2) is 5.16 Å². The number of ether oxygens (including phenoxy) is 1. The molecule has 0 atom stereocenters. The number of thioether (sulfide) groups is 1. The highest BCUT2D eigenvalue weighted by molar-refractivity contribution is 7.99. The summed E-state index contributed by atoms with van der Waals surface area (Å²) in [7, 11) is 0. The van der Waals surface area contributed by atoms with Crippen LogP contribution in [0.25, 0.3) is 10.9 Å². The van der Waals surface area contributed by atoms with Crippen LogP contribution in [0.3, 0.4) is 0 Å². The number of hydrogen-bond acceptors (Lipinski definition) is 6. The van der Waals surface area contributed by atoms with Gasteiger partial charge in [-0.15, -0.1) is 0 Å². The lowest BCUT2D eigenvalue weighted by molar-refractivity contribution is -0.117. The lowest BCUT2D eigenvalue weighted by Gasteiger charge is -2.14. The highest BCUT2D eigenvalue weighted by atomic mass is 35.5. The smallest absolute Gasteiger partial charge is 0.413 e. The summed E-state index contributed by atoms with van der Waals surface area (Å²) < 4.78 is 6.25. The van der Waals surface area contributed by atoms with Crippen LogP contribution in [0.15, 0.2) is 28.2 Å². The van der Waals surface area contributed by atoms with Gasteiger partial charge in [0, 0.05) is 11.6 Å². The third-order valence-corrected chi connectivity index (χ3v) is 4.87. The summed E-state index contributed by atoms with van der Waals surface area (Å²) in [5, 5.41) is 3.49. The van der Waals surface area contributed by atoms with Crippen LogP contribution in [0.1, 0.15) is 27.2 Å². The summed E-state index contributed by atoms with van der Waals surface area (Å²) in [5.41, 5.74) is 0.298. The lowest BCUT2D eigenvalue weighted by atomic mass is 10.1. The first kappa shape index (κ1) is 21.2. The maximum atomic E-state index is 12.9. The molecule has 0 bridgehead atoms. The second-order valence-electron chi connectivity index (χ2n) is 6.25. The van der Waals surface area contributed by atoms with E-state index in [1.165, 1.54) is 0 Å². The number of imide groups is 1. The van der Waals surface area contributed by atoms with Gasteiger partial charge >= 0.3 is 6.09 Å². The standard InChI is InChI=1S/C18H22ClN3O4S/c1-4-26-18(25)21-15(23)10-27-17-20-14-9-12(19)5-6-13(14)16(24)22(17)8-7-11(2)3/h5-6,9,11H,4,7-8,10H2,1-3H3,(H,21,23,25). The van der Waals surface area contributed by atoms with Crippen LogP contribution in [0.2, 0.25) is 5.02 Å². The van der Waals surface area contributed by atoms with Gasteiger partial charge in [-0.2, -0.15) is 0 Å².